The third-order valence-corrected chi connectivity index (χ3v) is 5.27. The van der Waals surface area contributed by atoms with Crippen molar-refractivity contribution < 1.29 is 4.79 Å². The van der Waals surface area contributed by atoms with Crippen molar-refractivity contribution in [1.82, 2.24) is 10.2 Å². The highest BCUT2D eigenvalue weighted by Crippen LogP contribution is 2.44. The molecule has 4 nitrogen and oxygen atoms in total. The van der Waals surface area contributed by atoms with Crippen LogP contribution in [0.3, 0.4) is 0 Å². The minimum Gasteiger partial charge on any atom is -0.312 e. The topological polar surface area (TPSA) is 56.1 Å². The number of carbonyl (C=O) groups is 1. The van der Waals surface area contributed by atoms with Crippen molar-refractivity contribution in [2.24, 2.45) is 11.8 Å². The third kappa shape index (κ3) is 2.30. The zero-order valence-corrected chi connectivity index (χ0v) is 11.7. The minimum atomic E-state index is -0.342. The predicted octanol–water partition coefficient (Wildman–Crippen LogP) is 1.28. The second-order valence-electron chi connectivity index (χ2n) is 6.37. The van der Waals surface area contributed by atoms with Gasteiger partial charge >= 0.3 is 0 Å². The summed E-state index contributed by atoms with van der Waals surface area (Å²) in [6.45, 7) is 0.324. The molecule has 3 aliphatic rings. The molecule has 0 aromatic heterocycles. The third-order valence-electron chi connectivity index (χ3n) is 5.27. The molecule has 2 aliphatic carbocycles. The summed E-state index contributed by atoms with van der Waals surface area (Å²) in [5, 5.41) is 12.5. The van der Waals surface area contributed by atoms with Crippen molar-refractivity contribution in [3.05, 3.63) is 0 Å². The van der Waals surface area contributed by atoms with Crippen molar-refractivity contribution in [2.75, 3.05) is 6.54 Å². The molecular weight excluding hydrogens is 250 g/mol. The second-order valence-corrected chi connectivity index (χ2v) is 6.37. The zero-order chi connectivity index (χ0) is 14.1. The van der Waals surface area contributed by atoms with E-state index in [-0.39, 0.29) is 18.0 Å². The molecule has 0 spiro atoms. The van der Waals surface area contributed by atoms with Crippen LogP contribution in [0.2, 0.25) is 0 Å². The number of carbonyl (C=O) groups excluding carboxylic acids is 1. The maximum absolute atomic E-state index is 12.4. The number of nitriles is 1. The number of rotatable bonds is 3. The summed E-state index contributed by atoms with van der Waals surface area (Å²) in [7, 11) is 0. The Morgan fingerprint density at radius 1 is 1.25 bits per heavy atom. The van der Waals surface area contributed by atoms with Gasteiger partial charge in [0.15, 0.2) is 0 Å². The fourth-order valence-electron chi connectivity index (χ4n) is 4.25. The number of likely N-dealkylation sites (tertiary alicyclic amines) is 1. The lowest BCUT2D eigenvalue weighted by molar-refractivity contribution is -0.131. The average molecular weight is 271 g/mol. The molecule has 1 aliphatic heterocycles. The molecule has 2 bridgehead atoms. The van der Waals surface area contributed by atoms with Crippen molar-refractivity contribution in [2.45, 2.75) is 56.7 Å². The lowest BCUT2D eigenvalue weighted by Crippen LogP contribution is -2.47. The van der Waals surface area contributed by atoms with Crippen LogP contribution in [0.1, 0.15) is 38.5 Å². The highest BCUT2D eigenvalue weighted by molar-refractivity contribution is 5.80. The molecule has 3 rings (SSSR count). The molecular formula is C16H21N3O. The SMILES string of the molecule is C#C[C@H]1CC[C@@H](C#N)N1C(=O)CNC1C[C@H]2CC[C@@H]1C2. The highest BCUT2D eigenvalue weighted by atomic mass is 16.2. The number of hydrogen-bond donors (Lipinski definition) is 1. The number of hydrogen-bond acceptors (Lipinski definition) is 3. The van der Waals surface area contributed by atoms with Crippen LogP contribution in [0.15, 0.2) is 0 Å². The normalized spacial score (nSPS) is 38.7. The average Bonchev–Trinajstić information content (AvgIpc) is 3.17. The molecule has 0 radical (unpaired) electrons. The van der Waals surface area contributed by atoms with Crippen LogP contribution >= 0.6 is 0 Å². The van der Waals surface area contributed by atoms with Crippen molar-refractivity contribution in [1.29, 1.82) is 5.26 Å². The Bertz CT molecular complexity index is 453. The lowest BCUT2D eigenvalue weighted by atomic mass is 9.95. The van der Waals surface area contributed by atoms with Gasteiger partial charge in [-0.2, -0.15) is 5.26 Å². The number of terminal acetylenes is 1. The summed E-state index contributed by atoms with van der Waals surface area (Å²) < 4.78 is 0. The van der Waals surface area contributed by atoms with Gasteiger partial charge in [0.2, 0.25) is 5.91 Å². The Morgan fingerprint density at radius 3 is 2.65 bits per heavy atom. The fourth-order valence-corrected chi connectivity index (χ4v) is 4.25. The maximum Gasteiger partial charge on any atom is 0.238 e. The number of amides is 1. The number of nitrogens with one attached hydrogen (secondary N) is 1. The van der Waals surface area contributed by atoms with E-state index in [4.69, 9.17) is 11.7 Å². The van der Waals surface area contributed by atoms with Gasteiger partial charge in [-0.3, -0.25) is 4.79 Å². The Kier molecular flexibility index (Phi) is 3.68. The molecule has 2 saturated carbocycles. The van der Waals surface area contributed by atoms with Gasteiger partial charge in [-0.05, 0) is 43.9 Å². The van der Waals surface area contributed by atoms with Gasteiger partial charge in [-0.25, -0.2) is 0 Å². The van der Waals surface area contributed by atoms with Gasteiger partial charge in [0.05, 0.1) is 18.7 Å². The Labute approximate surface area is 120 Å². The van der Waals surface area contributed by atoms with Gasteiger partial charge in [-0.1, -0.05) is 12.3 Å². The van der Waals surface area contributed by atoms with E-state index in [9.17, 15) is 4.79 Å². The fraction of sp³-hybridized carbons (Fsp3) is 0.750. The molecule has 106 valence electrons. The zero-order valence-electron chi connectivity index (χ0n) is 11.7. The van der Waals surface area contributed by atoms with E-state index in [2.05, 4.69) is 17.3 Å². The first-order valence-electron chi connectivity index (χ1n) is 7.63. The van der Waals surface area contributed by atoms with Crippen molar-refractivity contribution in [3.63, 3.8) is 0 Å². The first-order valence-corrected chi connectivity index (χ1v) is 7.63. The van der Waals surface area contributed by atoms with Gasteiger partial charge in [0.1, 0.15) is 6.04 Å². The van der Waals surface area contributed by atoms with Crippen LogP contribution in [0.4, 0.5) is 0 Å². The molecule has 1 unspecified atom stereocenters. The van der Waals surface area contributed by atoms with E-state index in [1.54, 1.807) is 4.90 Å². The quantitative estimate of drug-likeness (QED) is 0.787. The van der Waals surface area contributed by atoms with Crippen LogP contribution in [0.5, 0.6) is 0 Å². The molecule has 0 aromatic carbocycles. The van der Waals surface area contributed by atoms with E-state index < -0.39 is 0 Å². The molecule has 20 heavy (non-hydrogen) atoms. The maximum atomic E-state index is 12.4. The smallest absolute Gasteiger partial charge is 0.238 e. The summed E-state index contributed by atoms with van der Waals surface area (Å²) in [6.07, 6.45) is 12.1. The molecule has 1 heterocycles. The Balaban J connectivity index is 1.56. The Morgan fingerprint density at radius 2 is 2.05 bits per heavy atom. The van der Waals surface area contributed by atoms with Crippen LogP contribution in [0.25, 0.3) is 0 Å². The Hall–Kier alpha value is -1.52. The number of fused-ring (bicyclic) bond motifs is 2. The van der Waals surface area contributed by atoms with E-state index in [1.807, 2.05) is 0 Å². The molecule has 1 saturated heterocycles. The molecule has 0 aromatic rings. The predicted molar refractivity (Wildman–Crippen MR) is 75.3 cm³/mol. The van der Waals surface area contributed by atoms with Crippen LogP contribution in [-0.4, -0.2) is 35.5 Å². The van der Waals surface area contributed by atoms with E-state index >= 15 is 0 Å². The van der Waals surface area contributed by atoms with Crippen molar-refractivity contribution >= 4 is 5.91 Å². The van der Waals surface area contributed by atoms with Gasteiger partial charge in [0, 0.05) is 6.04 Å². The standard InChI is InChI=1S/C16H21N3O/c1-2-13-5-6-14(9-17)19(13)16(20)10-18-15-8-11-3-4-12(15)7-11/h1,11-15,18H,3-8,10H2/t11-,12+,13-,14-,15?/m0/s1. The summed E-state index contributed by atoms with van der Waals surface area (Å²) in [6, 6.07) is 2.14. The molecule has 1 amide bonds. The first kappa shape index (κ1) is 13.5. The van der Waals surface area contributed by atoms with E-state index in [0.29, 0.717) is 19.0 Å². The van der Waals surface area contributed by atoms with Crippen LogP contribution in [-0.2, 0) is 4.79 Å². The van der Waals surface area contributed by atoms with E-state index in [1.165, 1.54) is 25.7 Å². The summed E-state index contributed by atoms with van der Waals surface area (Å²) in [4.78, 5) is 14.0. The highest BCUT2D eigenvalue weighted by Gasteiger charge is 2.40. The summed E-state index contributed by atoms with van der Waals surface area (Å²) >= 11 is 0. The lowest BCUT2D eigenvalue weighted by Gasteiger charge is -2.27. The number of nitrogens with zero attached hydrogens (tertiary/aromatic N) is 2. The second kappa shape index (κ2) is 5.46. The van der Waals surface area contributed by atoms with Crippen molar-refractivity contribution in [3.8, 4) is 18.4 Å². The van der Waals surface area contributed by atoms with Gasteiger partial charge in [-0.15, -0.1) is 6.42 Å². The molecule has 5 atom stereocenters. The largest absolute Gasteiger partial charge is 0.312 e. The molecule has 3 fully saturated rings. The summed E-state index contributed by atoms with van der Waals surface area (Å²) in [5.41, 5.74) is 0. The molecule has 4 heteroatoms. The monoisotopic (exact) mass is 271 g/mol. The van der Waals surface area contributed by atoms with Crippen LogP contribution in [0, 0.1) is 35.5 Å². The van der Waals surface area contributed by atoms with Gasteiger partial charge in [0.25, 0.3) is 0 Å². The van der Waals surface area contributed by atoms with Crippen LogP contribution < -0.4 is 5.32 Å². The minimum absolute atomic E-state index is 0.0141. The first-order chi connectivity index (χ1) is 9.72. The molecule has 1 N–H and O–H groups in total. The van der Waals surface area contributed by atoms with Gasteiger partial charge < -0.3 is 10.2 Å². The van der Waals surface area contributed by atoms with E-state index in [0.717, 1.165) is 18.3 Å². The summed E-state index contributed by atoms with van der Waals surface area (Å²) in [5.74, 6) is 4.24.